The van der Waals surface area contributed by atoms with Gasteiger partial charge in [-0.1, -0.05) is 113 Å². The number of nitrogens with zero attached hydrogens (tertiary/aromatic N) is 6. The van der Waals surface area contributed by atoms with E-state index in [2.05, 4.69) is 140 Å². The molecular weight excluding hydrogens is 668 g/mol. The molecule has 0 radical (unpaired) electrons. The Morgan fingerprint density at radius 3 is 1.31 bits per heavy atom. The van der Waals surface area contributed by atoms with Crippen molar-refractivity contribution in [3.8, 4) is 56.4 Å². The number of hydrogen-bond donors (Lipinski definition) is 0. The third-order valence-electron chi connectivity index (χ3n) is 8.71. The van der Waals surface area contributed by atoms with Crippen molar-refractivity contribution < 1.29 is 0 Å². The summed E-state index contributed by atoms with van der Waals surface area (Å²) in [6.45, 7) is 0. The van der Waals surface area contributed by atoms with E-state index in [9.17, 15) is 0 Å². The molecule has 0 aliphatic rings. The molecule has 9 aromatic rings. The summed E-state index contributed by atoms with van der Waals surface area (Å²) in [5, 5.41) is 0. The molecule has 49 heavy (non-hydrogen) atoms. The summed E-state index contributed by atoms with van der Waals surface area (Å²) in [5.74, 6) is 1.57. The molecule has 0 bridgehead atoms. The Morgan fingerprint density at radius 1 is 0.408 bits per heavy atom. The molecule has 0 atom stereocenters. The highest BCUT2D eigenvalue weighted by atomic mass is 79.9. The Bertz CT molecular complexity index is 2450. The normalized spacial score (nSPS) is 11.4. The molecule has 0 unspecified atom stereocenters. The van der Waals surface area contributed by atoms with Crippen LogP contribution in [0.4, 0.5) is 0 Å². The fourth-order valence-corrected chi connectivity index (χ4v) is 7.07. The third-order valence-corrected chi connectivity index (χ3v) is 9.16. The minimum absolute atomic E-state index is 0.783. The maximum absolute atomic E-state index is 5.19. The first kappa shape index (κ1) is 29.0. The third kappa shape index (κ3) is 5.12. The molecule has 4 aromatic heterocycles. The number of halogens is 1. The summed E-state index contributed by atoms with van der Waals surface area (Å²) in [7, 11) is 0. The first-order valence-corrected chi connectivity index (χ1v) is 16.8. The zero-order chi connectivity index (χ0) is 32.7. The number of fused-ring (bicyclic) bond motifs is 2. The van der Waals surface area contributed by atoms with Crippen LogP contribution in [0.25, 0.3) is 78.7 Å². The lowest BCUT2D eigenvalue weighted by Crippen LogP contribution is -2.03. The highest BCUT2D eigenvalue weighted by Gasteiger charge is 2.22. The minimum Gasteiger partial charge on any atom is -0.276 e. The van der Waals surface area contributed by atoms with Crippen LogP contribution in [0, 0.1) is 0 Å². The minimum atomic E-state index is 0.783. The lowest BCUT2D eigenvalue weighted by atomic mass is 10.0. The fraction of sp³-hybridized carbons (Fsp3) is 0. The average molecular weight is 696 g/mol. The van der Waals surface area contributed by atoms with Gasteiger partial charge in [0.2, 0.25) is 0 Å². The molecule has 4 heterocycles. The summed E-state index contributed by atoms with van der Waals surface area (Å²) >= 11 is 3.85. The zero-order valence-electron chi connectivity index (χ0n) is 26.1. The van der Waals surface area contributed by atoms with Crippen molar-refractivity contribution in [2.75, 3.05) is 0 Å². The molecule has 7 heteroatoms. The van der Waals surface area contributed by atoms with Gasteiger partial charge in [0.05, 0.1) is 11.4 Å². The summed E-state index contributed by atoms with van der Waals surface area (Å²) < 4.78 is 5.24. The van der Waals surface area contributed by atoms with Crippen molar-refractivity contribution in [3.05, 3.63) is 169 Å². The van der Waals surface area contributed by atoms with E-state index in [0.717, 1.165) is 83.2 Å². The molecule has 9 rings (SSSR count). The average Bonchev–Trinajstić information content (AvgIpc) is 3.75. The molecule has 232 valence electrons. The first-order chi connectivity index (χ1) is 24.2. The van der Waals surface area contributed by atoms with Crippen molar-refractivity contribution in [1.29, 1.82) is 0 Å². The molecule has 0 amide bonds. The topological polar surface area (TPSA) is 61.4 Å². The van der Waals surface area contributed by atoms with Crippen LogP contribution in [0.15, 0.2) is 169 Å². The smallest absolute Gasteiger partial charge is 0.164 e. The summed E-state index contributed by atoms with van der Waals surface area (Å²) in [6, 6.07) is 51.9. The lowest BCUT2D eigenvalue weighted by molar-refractivity contribution is 1.07. The molecular formula is C42H27BrN6. The predicted molar refractivity (Wildman–Crippen MR) is 201 cm³/mol. The zero-order valence-corrected chi connectivity index (χ0v) is 27.7. The maximum Gasteiger partial charge on any atom is 0.164 e. The van der Waals surface area contributed by atoms with Gasteiger partial charge >= 0.3 is 0 Å². The molecule has 0 N–H and O–H groups in total. The molecule has 0 aliphatic carbocycles. The van der Waals surface area contributed by atoms with Gasteiger partial charge in [-0.25, -0.2) is 19.9 Å². The van der Waals surface area contributed by atoms with Crippen molar-refractivity contribution in [3.63, 3.8) is 0 Å². The van der Waals surface area contributed by atoms with Crippen LogP contribution in [-0.4, -0.2) is 29.1 Å². The van der Waals surface area contributed by atoms with Crippen LogP contribution in [0.5, 0.6) is 0 Å². The second-order valence-electron chi connectivity index (χ2n) is 11.7. The van der Waals surface area contributed by atoms with Gasteiger partial charge in [-0.2, -0.15) is 0 Å². The highest BCUT2D eigenvalue weighted by Crippen LogP contribution is 2.38. The summed E-state index contributed by atoms with van der Waals surface area (Å²) in [5.41, 5.74) is 11.5. The number of hydrogen-bond acceptors (Lipinski definition) is 4. The SMILES string of the molecule is Brc1cc(-c2nc3cccnc3n2-c2ccccc2-c2ccccc2)cc(-c2nc3cccnc3n2-c2ccccc2-c2ccccc2)c1. The second kappa shape index (κ2) is 12.1. The highest BCUT2D eigenvalue weighted by molar-refractivity contribution is 9.10. The Labute approximate surface area is 291 Å². The monoisotopic (exact) mass is 694 g/mol. The molecule has 0 aliphatic heterocycles. The number of aromatic nitrogens is 6. The molecule has 0 fully saturated rings. The molecule has 6 nitrogen and oxygen atoms in total. The van der Waals surface area contributed by atoms with Gasteiger partial charge < -0.3 is 0 Å². The van der Waals surface area contributed by atoms with Gasteiger partial charge in [-0.05, 0) is 65.7 Å². The number of benzene rings is 5. The van der Waals surface area contributed by atoms with Crippen molar-refractivity contribution in [2.24, 2.45) is 0 Å². The van der Waals surface area contributed by atoms with Crippen LogP contribution in [0.2, 0.25) is 0 Å². The van der Waals surface area contributed by atoms with E-state index in [-0.39, 0.29) is 0 Å². The number of para-hydroxylation sites is 2. The maximum atomic E-state index is 5.19. The second-order valence-corrected chi connectivity index (χ2v) is 12.6. The van der Waals surface area contributed by atoms with E-state index in [0.29, 0.717) is 0 Å². The summed E-state index contributed by atoms with van der Waals surface area (Å²) in [6.07, 6.45) is 3.64. The first-order valence-electron chi connectivity index (χ1n) is 16.0. The van der Waals surface area contributed by atoms with E-state index in [1.165, 1.54) is 0 Å². The van der Waals surface area contributed by atoms with Crippen LogP contribution in [0.3, 0.4) is 0 Å². The summed E-state index contributed by atoms with van der Waals surface area (Å²) in [4.78, 5) is 20.0. The van der Waals surface area contributed by atoms with Crippen molar-refractivity contribution in [1.82, 2.24) is 29.1 Å². The van der Waals surface area contributed by atoms with E-state index >= 15 is 0 Å². The molecule has 0 spiro atoms. The van der Waals surface area contributed by atoms with E-state index in [1.54, 1.807) is 0 Å². The van der Waals surface area contributed by atoms with Crippen molar-refractivity contribution >= 4 is 38.3 Å². The Balaban J connectivity index is 1.29. The quantitative estimate of drug-likeness (QED) is 0.174. The fourth-order valence-electron chi connectivity index (χ4n) is 6.58. The van der Waals surface area contributed by atoms with Gasteiger partial charge in [-0.3, -0.25) is 9.13 Å². The molecule has 0 saturated carbocycles. The van der Waals surface area contributed by atoms with E-state index < -0.39 is 0 Å². The number of rotatable bonds is 6. The van der Waals surface area contributed by atoms with Crippen LogP contribution in [-0.2, 0) is 0 Å². The van der Waals surface area contributed by atoms with Gasteiger partial charge in [0.1, 0.15) is 22.7 Å². The van der Waals surface area contributed by atoms with E-state index in [4.69, 9.17) is 19.9 Å². The van der Waals surface area contributed by atoms with Crippen molar-refractivity contribution in [2.45, 2.75) is 0 Å². The van der Waals surface area contributed by atoms with Crippen LogP contribution < -0.4 is 0 Å². The van der Waals surface area contributed by atoms with Gasteiger partial charge in [0.25, 0.3) is 0 Å². The molecule has 5 aromatic carbocycles. The largest absolute Gasteiger partial charge is 0.276 e. The number of pyridine rings is 2. The van der Waals surface area contributed by atoms with Crippen LogP contribution >= 0.6 is 15.9 Å². The lowest BCUT2D eigenvalue weighted by Gasteiger charge is -2.16. The Morgan fingerprint density at radius 2 is 0.837 bits per heavy atom. The molecule has 0 saturated heterocycles. The predicted octanol–water partition coefficient (Wildman–Crippen LogP) is 10.6. The van der Waals surface area contributed by atoms with Gasteiger partial charge in [-0.15, -0.1) is 0 Å². The van der Waals surface area contributed by atoms with Gasteiger partial charge in [0, 0.05) is 39.1 Å². The van der Waals surface area contributed by atoms with Crippen LogP contribution in [0.1, 0.15) is 0 Å². The number of imidazole rings is 2. The Kier molecular flexibility index (Phi) is 7.17. The Hall–Kier alpha value is -6.18. The van der Waals surface area contributed by atoms with Gasteiger partial charge in [0.15, 0.2) is 11.3 Å². The standard InChI is InChI=1S/C42H27BrN6/c43-32-26-30(39-46-35-19-11-23-44-41(35)48(39)37-21-9-7-17-33(37)28-13-3-1-4-14-28)25-31(27-32)40-47-36-20-12-24-45-42(36)49(40)38-22-10-8-18-34(38)29-15-5-2-6-16-29/h1-27H. The van der Waals surface area contributed by atoms with E-state index in [1.807, 2.05) is 48.8 Å².